The minimum Gasteiger partial charge on any atom is -0.143 e. The van der Waals surface area contributed by atoms with Crippen molar-refractivity contribution >= 4 is 11.8 Å². The second kappa shape index (κ2) is 3.36. The number of rotatable bonds is 1. The quantitative estimate of drug-likeness (QED) is 0.658. The van der Waals surface area contributed by atoms with Crippen LogP contribution in [0.4, 0.5) is 0 Å². The first kappa shape index (κ1) is 10.4. The summed E-state index contributed by atoms with van der Waals surface area (Å²) in [6.45, 7) is 0. The van der Waals surface area contributed by atoms with Gasteiger partial charge in [-0.3, -0.25) is 0 Å². The lowest BCUT2D eigenvalue weighted by molar-refractivity contribution is -0.00408. The van der Waals surface area contributed by atoms with E-state index in [0.29, 0.717) is 4.75 Å². The molecule has 5 fully saturated rings. The summed E-state index contributed by atoms with van der Waals surface area (Å²) in [6.07, 6.45) is 7.81. The number of hydrogen-bond donors (Lipinski definition) is 0. The summed E-state index contributed by atoms with van der Waals surface area (Å²) in [7, 11) is 0. The van der Waals surface area contributed by atoms with Crippen LogP contribution in [0.2, 0.25) is 0 Å². The predicted molar refractivity (Wildman–Crippen MR) is 76.6 cm³/mol. The van der Waals surface area contributed by atoms with Crippen LogP contribution in [0, 0.1) is 23.7 Å². The molecule has 0 radical (unpaired) electrons. The van der Waals surface area contributed by atoms with Crippen molar-refractivity contribution < 1.29 is 0 Å². The summed E-state index contributed by atoms with van der Waals surface area (Å²) in [5.41, 5.74) is 1.61. The topological polar surface area (TPSA) is 0 Å². The molecule has 1 atom stereocenters. The fourth-order valence-corrected chi connectivity index (χ4v) is 7.59. The first-order chi connectivity index (χ1) is 8.86. The van der Waals surface area contributed by atoms with Crippen molar-refractivity contribution in [3.63, 3.8) is 0 Å². The average Bonchev–Trinajstić information content (AvgIpc) is 3.13. The number of thioether (sulfide) groups is 1. The highest BCUT2D eigenvalue weighted by atomic mass is 32.2. The van der Waals surface area contributed by atoms with Crippen molar-refractivity contribution in [3.05, 3.63) is 35.9 Å². The van der Waals surface area contributed by atoms with Crippen molar-refractivity contribution in [1.29, 1.82) is 0 Å². The van der Waals surface area contributed by atoms with Gasteiger partial charge in [-0.05, 0) is 61.3 Å². The van der Waals surface area contributed by atoms with E-state index >= 15 is 0 Å². The summed E-state index contributed by atoms with van der Waals surface area (Å²) >= 11 is 2.33. The van der Waals surface area contributed by atoms with Gasteiger partial charge in [0.25, 0.3) is 0 Å². The zero-order chi connectivity index (χ0) is 11.7. The Morgan fingerprint density at radius 2 is 1.44 bits per heavy atom. The molecule has 0 amide bonds. The van der Waals surface area contributed by atoms with E-state index in [4.69, 9.17) is 0 Å². The number of benzene rings is 1. The highest BCUT2D eigenvalue weighted by molar-refractivity contribution is 8.08. The summed E-state index contributed by atoms with van der Waals surface area (Å²) < 4.78 is 0.689. The Kier molecular flexibility index (Phi) is 1.94. The Bertz CT molecular complexity index is 450. The number of hydrogen-bond acceptors (Lipinski definition) is 1. The molecule has 1 spiro atoms. The van der Waals surface area contributed by atoms with Crippen LogP contribution in [0.1, 0.15) is 42.9 Å². The summed E-state index contributed by atoms with van der Waals surface area (Å²) in [4.78, 5) is 0. The van der Waals surface area contributed by atoms with E-state index in [1.807, 2.05) is 0 Å². The first-order valence-corrected chi connectivity index (χ1v) is 8.47. The average molecular weight is 256 g/mol. The molecule has 4 saturated carbocycles. The monoisotopic (exact) mass is 256 g/mol. The van der Waals surface area contributed by atoms with Crippen LogP contribution < -0.4 is 0 Å². The molecule has 4 aliphatic carbocycles. The Labute approximate surface area is 114 Å². The molecular weight excluding hydrogens is 236 g/mol. The Balaban J connectivity index is 1.52. The minimum absolute atomic E-state index is 0.689. The molecule has 5 aliphatic rings. The van der Waals surface area contributed by atoms with Gasteiger partial charge in [-0.25, -0.2) is 0 Å². The smallest absolute Gasteiger partial charge is 0.0456 e. The molecule has 1 heterocycles. The van der Waals surface area contributed by atoms with Gasteiger partial charge in [0.2, 0.25) is 0 Å². The zero-order valence-electron chi connectivity index (χ0n) is 10.7. The van der Waals surface area contributed by atoms with Gasteiger partial charge in [0, 0.05) is 10.00 Å². The van der Waals surface area contributed by atoms with E-state index < -0.39 is 0 Å². The second-order valence-corrected chi connectivity index (χ2v) is 8.48. The van der Waals surface area contributed by atoms with Crippen molar-refractivity contribution in [1.82, 2.24) is 0 Å². The third-order valence-corrected chi connectivity index (χ3v) is 8.15. The minimum atomic E-state index is 0.689. The van der Waals surface area contributed by atoms with Gasteiger partial charge in [-0.2, -0.15) is 0 Å². The molecule has 1 aliphatic heterocycles. The van der Waals surface area contributed by atoms with E-state index in [0.717, 1.165) is 28.9 Å². The van der Waals surface area contributed by atoms with Crippen LogP contribution in [0.25, 0.3) is 0 Å². The lowest BCUT2D eigenvalue weighted by Crippen LogP contribution is -2.50. The van der Waals surface area contributed by atoms with Gasteiger partial charge in [0.15, 0.2) is 0 Å². The van der Waals surface area contributed by atoms with Crippen LogP contribution >= 0.6 is 11.8 Å². The molecule has 0 N–H and O–H groups in total. The molecule has 1 unspecified atom stereocenters. The predicted octanol–water partition coefficient (Wildman–Crippen LogP) is 4.67. The Morgan fingerprint density at radius 3 is 2.06 bits per heavy atom. The van der Waals surface area contributed by atoms with E-state index in [-0.39, 0.29) is 0 Å². The van der Waals surface area contributed by atoms with E-state index in [2.05, 4.69) is 42.1 Å². The Hall–Kier alpha value is -0.430. The van der Waals surface area contributed by atoms with E-state index in [9.17, 15) is 0 Å². The largest absolute Gasteiger partial charge is 0.143 e. The van der Waals surface area contributed by atoms with Crippen LogP contribution in [-0.2, 0) is 0 Å². The molecule has 18 heavy (non-hydrogen) atoms. The van der Waals surface area contributed by atoms with Crippen molar-refractivity contribution in [3.8, 4) is 0 Å². The highest BCUT2D eigenvalue weighted by Crippen LogP contribution is 2.79. The van der Waals surface area contributed by atoms with Gasteiger partial charge in [0.05, 0.1) is 0 Å². The third-order valence-electron chi connectivity index (χ3n) is 6.19. The third kappa shape index (κ3) is 1.20. The Morgan fingerprint density at radius 1 is 0.833 bits per heavy atom. The summed E-state index contributed by atoms with van der Waals surface area (Å²) in [6, 6.07) is 11.3. The van der Waals surface area contributed by atoms with Crippen molar-refractivity contribution in [2.24, 2.45) is 23.7 Å². The van der Waals surface area contributed by atoms with E-state index in [1.165, 1.54) is 0 Å². The fourth-order valence-electron chi connectivity index (χ4n) is 5.67. The normalized spacial score (nSPS) is 51.9. The second-order valence-electron chi connectivity index (χ2n) is 7.07. The lowest BCUT2D eigenvalue weighted by atomic mass is 9.51. The molecule has 1 saturated heterocycles. The first-order valence-electron chi connectivity index (χ1n) is 7.59. The van der Waals surface area contributed by atoms with Crippen LogP contribution in [0.15, 0.2) is 30.3 Å². The molecule has 6 rings (SSSR count). The van der Waals surface area contributed by atoms with Crippen molar-refractivity contribution in [2.45, 2.75) is 42.1 Å². The van der Waals surface area contributed by atoms with Gasteiger partial charge < -0.3 is 0 Å². The van der Waals surface area contributed by atoms with Gasteiger partial charge in [-0.1, -0.05) is 30.3 Å². The SMILES string of the molecule is c1ccc(C2SC23C2CC4CC(C2)CC3C4)cc1. The standard InChI is InChI=1S/C17H20S/c1-2-4-13(5-3-1)16-17(18-16)14-7-11-6-12(9-14)10-15(17)8-11/h1-5,11-12,14-16H,6-10H2. The summed E-state index contributed by atoms with van der Waals surface area (Å²) in [5, 5.41) is 0.841. The molecular formula is C17H20S. The maximum Gasteiger partial charge on any atom is 0.0456 e. The molecule has 4 bridgehead atoms. The maximum atomic E-state index is 2.36. The van der Waals surface area contributed by atoms with Gasteiger partial charge >= 0.3 is 0 Å². The lowest BCUT2D eigenvalue weighted by Gasteiger charge is -2.55. The highest BCUT2D eigenvalue weighted by Gasteiger charge is 2.69. The van der Waals surface area contributed by atoms with Crippen molar-refractivity contribution in [2.75, 3.05) is 0 Å². The molecule has 1 aromatic carbocycles. The van der Waals surface area contributed by atoms with Crippen LogP contribution in [0.3, 0.4) is 0 Å². The molecule has 0 aromatic heterocycles. The fraction of sp³-hybridized carbons (Fsp3) is 0.647. The molecule has 1 aromatic rings. The van der Waals surface area contributed by atoms with Crippen LogP contribution in [-0.4, -0.2) is 4.75 Å². The van der Waals surface area contributed by atoms with Gasteiger partial charge in [0.1, 0.15) is 0 Å². The van der Waals surface area contributed by atoms with E-state index in [1.54, 1.807) is 37.7 Å². The maximum absolute atomic E-state index is 2.36. The molecule has 1 heteroatoms. The summed E-state index contributed by atoms with van der Waals surface area (Å²) in [5.74, 6) is 4.33. The van der Waals surface area contributed by atoms with Crippen LogP contribution in [0.5, 0.6) is 0 Å². The zero-order valence-corrected chi connectivity index (χ0v) is 11.5. The molecule has 94 valence electrons. The molecule has 0 nitrogen and oxygen atoms in total. The van der Waals surface area contributed by atoms with Gasteiger partial charge in [-0.15, -0.1) is 11.8 Å².